The summed E-state index contributed by atoms with van der Waals surface area (Å²) in [7, 11) is -3.89. The molecular weight excluding hydrogens is 378 g/mol. The van der Waals surface area contributed by atoms with Crippen LogP contribution in [0.4, 0.5) is 0 Å². The molecule has 1 unspecified atom stereocenters. The number of rotatable bonds is 5. The molecule has 0 spiro atoms. The summed E-state index contributed by atoms with van der Waals surface area (Å²) in [6.07, 6.45) is 0. The van der Waals surface area contributed by atoms with Crippen LogP contribution >= 0.6 is 27.3 Å². The molecule has 5 nitrogen and oxygen atoms in total. The van der Waals surface area contributed by atoms with Crippen LogP contribution in [0.15, 0.2) is 45.1 Å². The first-order valence-electron chi connectivity index (χ1n) is 5.90. The highest BCUT2D eigenvalue weighted by atomic mass is 79.9. The van der Waals surface area contributed by atoms with Crippen molar-refractivity contribution in [3.05, 3.63) is 50.6 Å². The van der Waals surface area contributed by atoms with Gasteiger partial charge in [0.15, 0.2) is 0 Å². The number of nitrogens with one attached hydrogen (secondary N) is 1. The molecule has 0 aliphatic rings. The Balaban J connectivity index is 2.29. The van der Waals surface area contributed by atoms with Gasteiger partial charge < -0.3 is 5.11 Å². The lowest BCUT2D eigenvalue weighted by Crippen LogP contribution is -2.27. The normalized spacial score (nSPS) is 13.0. The Morgan fingerprint density at radius 2 is 2.10 bits per heavy atom. The Labute approximate surface area is 134 Å². The zero-order valence-electron chi connectivity index (χ0n) is 10.9. The average molecular weight is 390 g/mol. The predicted octanol–water partition coefficient (Wildman–Crippen LogP) is 3.25. The van der Waals surface area contributed by atoms with Gasteiger partial charge in [-0.05, 0) is 36.1 Å². The second-order valence-corrected chi connectivity index (χ2v) is 7.83. The van der Waals surface area contributed by atoms with Crippen LogP contribution in [-0.4, -0.2) is 19.5 Å². The largest absolute Gasteiger partial charge is 0.477 e. The molecule has 8 heteroatoms. The van der Waals surface area contributed by atoms with Crippen molar-refractivity contribution < 1.29 is 18.3 Å². The molecule has 0 bridgehead atoms. The Morgan fingerprint density at radius 3 is 2.71 bits per heavy atom. The lowest BCUT2D eigenvalue weighted by Gasteiger charge is -2.14. The molecular formula is C13H12BrNO4S2. The Kier molecular flexibility index (Phi) is 4.82. The molecule has 1 aromatic heterocycles. The second-order valence-electron chi connectivity index (χ2n) is 4.32. The number of benzene rings is 1. The van der Waals surface area contributed by atoms with Crippen molar-refractivity contribution in [1.82, 2.24) is 4.72 Å². The van der Waals surface area contributed by atoms with Crippen molar-refractivity contribution in [3.8, 4) is 0 Å². The van der Waals surface area contributed by atoms with Gasteiger partial charge in [-0.25, -0.2) is 17.9 Å². The molecule has 2 aromatic rings. The molecule has 0 radical (unpaired) electrons. The topological polar surface area (TPSA) is 83.5 Å². The first-order chi connectivity index (χ1) is 9.81. The minimum Gasteiger partial charge on any atom is -0.477 e. The Morgan fingerprint density at radius 1 is 1.38 bits per heavy atom. The minimum absolute atomic E-state index is 0.191. The highest BCUT2D eigenvalue weighted by molar-refractivity contribution is 9.10. The monoisotopic (exact) mass is 389 g/mol. The molecule has 2 N–H and O–H groups in total. The van der Waals surface area contributed by atoms with E-state index in [2.05, 4.69) is 20.7 Å². The van der Waals surface area contributed by atoms with Crippen LogP contribution in [0.2, 0.25) is 0 Å². The van der Waals surface area contributed by atoms with Crippen LogP contribution in [0.3, 0.4) is 0 Å². The molecule has 21 heavy (non-hydrogen) atoms. The third kappa shape index (κ3) is 3.70. The smallest absolute Gasteiger partial charge is 0.347 e. The van der Waals surface area contributed by atoms with Crippen molar-refractivity contribution in [3.63, 3.8) is 0 Å². The van der Waals surface area contributed by atoms with Crippen molar-refractivity contribution in [2.75, 3.05) is 0 Å². The summed E-state index contributed by atoms with van der Waals surface area (Å²) in [4.78, 5) is 10.6. The highest BCUT2D eigenvalue weighted by Crippen LogP contribution is 2.25. The number of thiophene rings is 1. The number of carboxylic acid groups (broad SMARTS) is 1. The van der Waals surface area contributed by atoms with E-state index in [9.17, 15) is 13.2 Å². The molecule has 112 valence electrons. The molecule has 0 amide bonds. The predicted molar refractivity (Wildman–Crippen MR) is 84.2 cm³/mol. The van der Waals surface area contributed by atoms with Crippen LogP contribution in [0.5, 0.6) is 0 Å². The fraction of sp³-hybridized carbons (Fsp3) is 0.154. The minimum atomic E-state index is -3.89. The average Bonchev–Trinajstić information content (AvgIpc) is 2.88. The van der Waals surface area contributed by atoms with Gasteiger partial charge >= 0.3 is 5.97 Å². The van der Waals surface area contributed by atoms with E-state index in [0.29, 0.717) is 0 Å². The van der Waals surface area contributed by atoms with Crippen LogP contribution in [0, 0.1) is 0 Å². The molecule has 0 saturated heterocycles. The van der Waals surface area contributed by atoms with Crippen LogP contribution in [0.25, 0.3) is 0 Å². The van der Waals surface area contributed by atoms with Gasteiger partial charge in [0.2, 0.25) is 10.0 Å². The van der Waals surface area contributed by atoms with Crippen LogP contribution < -0.4 is 4.72 Å². The summed E-state index contributed by atoms with van der Waals surface area (Å²) in [5.41, 5.74) is 0.778. The summed E-state index contributed by atoms with van der Waals surface area (Å²) >= 11 is 4.21. The maximum atomic E-state index is 12.3. The Bertz CT molecular complexity index is 770. The second kappa shape index (κ2) is 6.27. The third-order valence-electron chi connectivity index (χ3n) is 2.79. The molecule has 0 saturated carbocycles. The van der Waals surface area contributed by atoms with E-state index in [4.69, 9.17) is 5.11 Å². The van der Waals surface area contributed by atoms with Crippen molar-refractivity contribution in [2.45, 2.75) is 17.9 Å². The maximum Gasteiger partial charge on any atom is 0.347 e. The summed E-state index contributed by atoms with van der Waals surface area (Å²) in [5, 5.41) is 10.5. The SMILES string of the molecule is CC(NS(=O)(=O)c1ccsc1C(=O)O)c1cccc(Br)c1. The quantitative estimate of drug-likeness (QED) is 0.821. The first kappa shape index (κ1) is 16.2. The van der Waals surface area contributed by atoms with Crippen molar-refractivity contribution in [2.24, 2.45) is 0 Å². The van der Waals surface area contributed by atoms with Crippen LogP contribution in [0.1, 0.15) is 28.2 Å². The molecule has 0 aliphatic heterocycles. The van der Waals surface area contributed by atoms with E-state index >= 15 is 0 Å². The van der Waals surface area contributed by atoms with Gasteiger partial charge in [0, 0.05) is 10.5 Å². The maximum absolute atomic E-state index is 12.3. The van der Waals surface area contributed by atoms with Gasteiger partial charge in [0.25, 0.3) is 0 Å². The molecule has 0 fully saturated rings. The summed E-state index contributed by atoms with van der Waals surface area (Å²) in [5.74, 6) is -1.25. The number of hydrogen-bond acceptors (Lipinski definition) is 4. The van der Waals surface area contributed by atoms with E-state index in [-0.39, 0.29) is 9.77 Å². The van der Waals surface area contributed by atoms with E-state index in [0.717, 1.165) is 21.4 Å². The van der Waals surface area contributed by atoms with E-state index < -0.39 is 22.0 Å². The Hall–Kier alpha value is -1.22. The number of sulfonamides is 1. The number of carboxylic acids is 1. The van der Waals surface area contributed by atoms with Gasteiger partial charge in [-0.15, -0.1) is 11.3 Å². The van der Waals surface area contributed by atoms with Gasteiger partial charge in [-0.1, -0.05) is 28.1 Å². The standard InChI is InChI=1S/C13H12BrNO4S2/c1-8(9-3-2-4-10(14)7-9)15-21(18,19)11-5-6-20-12(11)13(16)17/h2-8,15H,1H3,(H,16,17). The lowest BCUT2D eigenvalue weighted by atomic mass is 10.1. The number of halogens is 1. The first-order valence-corrected chi connectivity index (χ1v) is 9.05. The van der Waals surface area contributed by atoms with Gasteiger partial charge in [-0.3, -0.25) is 0 Å². The summed E-state index contributed by atoms with van der Waals surface area (Å²) in [6.45, 7) is 1.70. The molecule has 1 heterocycles. The van der Waals surface area contributed by atoms with Gasteiger partial charge in [-0.2, -0.15) is 0 Å². The summed E-state index contributed by atoms with van der Waals surface area (Å²) < 4.78 is 27.9. The van der Waals surface area contributed by atoms with Gasteiger partial charge in [0.1, 0.15) is 9.77 Å². The van der Waals surface area contributed by atoms with E-state index in [1.807, 2.05) is 6.07 Å². The zero-order valence-corrected chi connectivity index (χ0v) is 14.1. The number of hydrogen-bond donors (Lipinski definition) is 2. The molecule has 0 aliphatic carbocycles. The number of carbonyl (C=O) groups is 1. The number of aromatic carboxylic acids is 1. The fourth-order valence-electron chi connectivity index (χ4n) is 1.81. The third-order valence-corrected chi connectivity index (χ3v) is 5.90. The van der Waals surface area contributed by atoms with Crippen molar-refractivity contribution >= 4 is 43.3 Å². The highest BCUT2D eigenvalue weighted by Gasteiger charge is 2.25. The molecule has 1 atom stereocenters. The molecule has 2 rings (SSSR count). The fourth-order valence-corrected chi connectivity index (χ4v) is 4.71. The molecule has 1 aromatic carbocycles. The van der Waals surface area contributed by atoms with Crippen molar-refractivity contribution in [1.29, 1.82) is 0 Å². The van der Waals surface area contributed by atoms with Crippen LogP contribution in [-0.2, 0) is 10.0 Å². The van der Waals surface area contributed by atoms with E-state index in [1.165, 1.54) is 11.4 Å². The summed E-state index contributed by atoms with van der Waals surface area (Å²) in [6, 6.07) is 8.06. The van der Waals surface area contributed by atoms with E-state index in [1.54, 1.807) is 25.1 Å². The zero-order chi connectivity index (χ0) is 15.6. The van der Waals surface area contributed by atoms with Gasteiger partial charge in [0.05, 0.1) is 0 Å². The lowest BCUT2D eigenvalue weighted by molar-refractivity contribution is 0.0698.